The summed E-state index contributed by atoms with van der Waals surface area (Å²) in [6.45, 7) is 6.72. The SMILES string of the molecule is [CH2]C1CCN(Cc2ccccc2)C12CCC2. The molecule has 1 spiro atoms. The standard InChI is InChI=1S/C15H20N/c1-13-8-11-16(15(13)9-5-10-15)12-14-6-3-2-4-7-14/h2-4,6-7,13H,1,5,8-12H2. The molecule has 1 radical (unpaired) electrons. The van der Waals surface area contributed by atoms with Gasteiger partial charge in [-0.25, -0.2) is 0 Å². The number of rotatable bonds is 2. The molecule has 0 N–H and O–H groups in total. The monoisotopic (exact) mass is 214 g/mol. The second-order valence-corrected chi connectivity index (χ2v) is 5.35. The first-order valence-corrected chi connectivity index (χ1v) is 6.43. The van der Waals surface area contributed by atoms with Crippen LogP contribution < -0.4 is 0 Å². The van der Waals surface area contributed by atoms with Crippen LogP contribution in [0.5, 0.6) is 0 Å². The molecule has 1 heterocycles. The number of nitrogens with zero attached hydrogens (tertiary/aromatic N) is 1. The summed E-state index contributed by atoms with van der Waals surface area (Å²) in [7, 11) is 0. The highest BCUT2D eigenvalue weighted by atomic mass is 15.2. The highest BCUT2D eigenvalue weighted by Crippen LogP contribution is 2.49. The number of benzene rings is 1. The molecule has 0 aromatic heterocycles. The van der Waals surface area contributed by atoms with Crippen LogP contribution in [0.2, 0.25) is 0 Å². The van der Waals surface area contributed by atoms with Gasteiger partial charge in [-0.3, -0.25) is 4.90 Å². The summed E-state index contributed by atoms with van der Waals surface area (Å²) < 4.78 is 0. The van der Waals surface area contributed by atoms with E-state index in [1.807, 2.05) is 0 Å². The van der Waals surface area contributed by atoms with Crippen LogP contribution in [0.25, 0.3) is 0 Å². The van der Waals surface area contributed by atoms with E-state index in [-0.39, 0.29) is 0 Å². The van der Waals surface area contributed by atoms with E-state index in [0.717, 1.165) is 6.54 Å². The lowest BCUT2D eigenvalue weighted by Crippen LogP contribution is -2.52. The van der Waals surface area contributed by atoms with E-state index < -0.39 is 0 Å². The highest BCUT2D eigenvalue weighted by Gasteiger charge is 2.49. The minimum atomic E-state index is 0.468. The Balaban J connectivity index is 1.76. The molecule has 1 saturated carbocycles. The first-order chi connectivity index (χ1) is 7.81. The van der Waals surface area contributed by atoms with Crippen molar-refractivity contribution in [3.8, 4) is 0 Å². The van der Waals surface area contributed by atoms with Gasteiger partial charge in [-0.1, -0.05) is 30.3 Å². The van der Waals surface area contributed by atoms with Gasteiger partial charge in [0.1, 0.15) is 0 Å². The van der Waals surface area contributed by atoms with Gasteiger partial charge in [0.2, 0.25) is 0 Å². The summed E-state index contributed by atoms with van der Waals surface area (Å²) in [5.74, 6) is 0.657. The molecule has 1 aliphatic heterocycles. The molecule has 1 saturated heterocycles. The van der Waals surface area contributed by atoms with Crippen LogP contribution in [0.15, 0.2) is 30.3 Å². The Labute approximate surface area is 98.5 Å². The summed E-state index contributed by atoms with van der Waals surface area (Å²) in [4.78, 5) is 2.68. The van der Waals surface area contributed by atoms with Gasteiger partial charge in [0, 0.05) is 12.1 Å². The summed E-state index contributed by atoms with van der Waals surface area (Å²) in [6.07, 6.45) is 5.42. The fraction of sp³-hybridized carbons (Fsp3) is 0.533. The second kappa shape index (κ2) is 3.89. The van der Waals surface area contributed by atoms with Crippen molar-refractivity contribution in [1.82, 2.24) is 4.90 Å². The zero-order valence-electron chi connectivity index (χ0n) is 9.86. The van der Waals surface area contributed by atoms with E-state index in [4.69, 9.17) is 0 Å². The van der Waals surface area contributed by atoms with Crippen LogP contribution >= 0.6 is 0 Å². The van der Waals surface area contributed by atoms with Crippen LogP contribution in [0.1, 0.15) is 31.2 Å². The first-order valence-electron chi connectivity index (χ1n) is 6.43. The van der Waals surface area contributed by atoms with Gasteiger partial charge in [0.25, 0.3) is 0 Å². The van der Waals surface area contributed by atoms with Gasteiger partial charge < -0.3 is 0 Å². The molecule has 0 bridgehead atoms. The molecule has 85 valence electrons. The Morgan fingerprint density at radius 3 is 2.62 bits per heavy atom. The van der Waals surface area contributed by atoms with E-state index in [0.29, 0.717) is 11.5 Å². The van der Waals surface area contributed by atoms with E-state index in [1.165, 1.54) is 37.8 Å². The predicted octanol–water partition coefficient (Wildman–Crippen LogP) is 3.27. The maximum atomic E-state index is 4.36. The van der Waals surface area contributed by atoms with Crippen LogP contribution in [0, 0.1) is 12.8 Å². The maximum absolute atomic E-state index is 4.36. The molecule has 1 aromatic carbocycles. The van der Waals surface area contributed by atoms with Gasteiger partial charge >= 0.3 is 0 Å². The van der Waals surface area contributed by atoms with Crippen LogP contribution in [-0.4, -0.2) is 17.0 Å². The van der Waals surface area contributed by atoms with Gasteiger partial charge in [-0.15, -0.1) is 0 Å². The van der Waals surface area contributed by atoms with Crippen molar-refractivity contribution >= 4 is 0 Å². The third-order valence-corrected chi connectivity index (χ3v) is 4.57. The Hall–Kier alpha value is -0.820. The topological polar surface area (TPSA) is 3.24 Å². The fourth-order valence-corrected chi connectivity index (χ4v) is 3.37. The second-order valence-electron chi connectivity index (χ2n) is 5.35. The number of hydrogen-bond acceptors (Lipinski definition) is 1. The third-order valence-electron chi connectivity index (χ3n) is 4.57. The fourth-order valence-electron chi connectivity index (χ4n) is 3.37. The van der Waals surface area contributed by atoms with E-state index >= 15 is 0 Å². The van der Waals surface area contributed by atoms with Gasteiger partial charge in [-0.05, 0) is 50.6 Å². The van der Waals surface area contributed by atoms with Gasteiger partial charge in [-0.2, -0.15) is 0 Å². The average Bonchev–Trinajstić information content (AvgIpc) is 2.57. The lowest BCUT2D eigenvalue weighted by atomic mass is 9.69. The van der Waals surface area contributed by atoms with Crippen molar-refractivity contribution in [1.29, 1.82) is 0 Å². The number of hydrogen-bond donors (Lipinski definition) is 0. The largest absolute Gasteiger partial charge is 0.293 e. The Kier molecular flexibility index (Phi) is 2.51. The van der Waals surface area contributed by atoms with Crippen LogP contribution in [0.3, 0.4) is 0 Å². The molecular formula is C15H20N. The molecule has 1 aliphatic carbocycles. The molecule has 1 heteroatoms. The molecule has 1 nitrogen and oxygen atoms in total. The molecule has 3 rings (SSSR count). The summed E-state index contributed by atoms with van der Waals surface area (Å²) in [5, 5.41) is 0. The normalized spacial score (nSPS) is 28.2. The summed E-state index contributed by atoms with van der Waals surface area (Å²) in [5.41, 5.74) is 1.92. The number of likely N-dealkylation sites (tertiary alicyclic amines) is 1. The van der Waals surface area contributed by atoms with E-state index in [9.17, 15) is 0 Å². The molecular weight excluding hydrogens is 194 g/mol. The van der Waals surface area contributed by atoms with Gasteiger partial charge in [0.15, 0.2) is 0 Å². The van der Waals surface area contributed by atoms with Crippen molar-refractivity contribution < 1.29 is 0 Å². The molecule has 2 aliphatic rings. The molecule has 0 amide bonds. The molecule has 1 aromatic rings. The minimum Gasteiger partial charge on any atom is -0.293 e. The zero-order chi connectivity index (χ0) is 11.0. The maximum Gasteiger partial charge on any atom is 0.0241 e. The third kappa shape index (κ3) is 1.49. The molecule has 2 fully saturated rings. The highest BCUT2D eigenvalue weighted by molar-refractivity contribution is 5.17. The Morgan fingerprint density at radius 2 is 2.00 bits per heavy atom. The quantitative estimate of drug-likeness (QED) is 0.730. The minimum absolute atomic E-state index is 0.468. The van der Waals surface area contributed by atoms with Crippen molar-refractivity contribution in [2.75, 3.05) is 6.54 Å². The average molecular weight is 214 g/mol. The van der Waals surface area contributed by atoms with Crippen molar-refractivity contribution in [3.63, 3.8) is 0 Å². The van der Waals surface area contributed by atoms with Crippen molar-refractivity contribution in [2.24, 2.45) is 5.92 Å². The van der Waals surface area contributed by atoms with Crippen molar-refractivity contribution in [3.05, 3.63) is 42.8 Å². The Bertz CT molecular complexity index is 353. The van der Waals surface area contributed by atoms with Gasteiger partial charge in [0.05, 0.1) is 0 Å². The van der Waals surface area contributed by atoms with E-state index in [2.05, 4.69) is 42.2 Å². The van der Waals surface area contributed by atoms with Crippen LogP contribution in [-0.2, 0) is 6.54 Å². The molecule has 1 unspecified atom stereocenters. The summed E-state index contributed by atoms with van der Waals surface area (Å²) >= 11 is 0. The molecule has 16 heavy (non-hydrogen) atoms. The van der Waals surface area contributed by atoms with Crippen LogP contribution in [0.4, 0.5) is 0 Å². The Morgan fingerprint density at radius 1 is 1.25 bits per heavy atom. The lowest BCUT2D eigenvalue weighted by molar-refractivity contribution is 0.0275. The summed E-state index contributed by atoms with van der Waals surface area (Å²) in [6, 6.07) is 10.9. The zero-order valence-corrected chi connectivity index (χ0v) is 9.86. The lowest BCUT2D eigenvalue weighted by Gasteiger charge is -2.49. The van der Waals surface area contributed by atoms with E-state index in [1.54, 1.807) is 0 Å². The van der Waals surface area contributed by atoms with Crippen molar-refractivity contribution in [2.45, 2.75) is 37.8 Å². The smallest absolute Gasteiger partial charge is 0.0241 e. The predicted molar refractivity (Wildman–Crippen MR) is 66.9 cm³/mol. The first kappa shape index (κ1) is 10.3. The molecule has 1 atom stereocenters.